The first-order chi connectivity index (χ1) is 26.3. The Kier molecular flexibility index (Phi) is 11.3. The van der Waals surface area contributed by atoms with Gasteiger partial charge in [0.15, 0.2) is 0 Å². The first-order valence-corrected chi connectivity index (χ1v) is 19.0. The average Bonchev–Trinajstić information content (AvgIpc) is 3.79. The van der Waals surface area contributed by atoms with Crippen molar-refractivity contribution >= 4 is 29.1 Å². The SMILES string of the molecule is C/C=C/[C@H]1N(C(=O)c2ncccc2C(F)(F)F)CCC[C@@]1(Oc1csc(C(F)(F)F)c1)C(=O)N1CCC(O)(c2ccccc2O[C@@H]2CC[C@](C)(C(=O)O)C2)CC1. The van der Waals surface area contributed by atoms with E-state index in [1.54, 1.807) is 38.1 Å². The van der Waals surface area contributed by atoms with Gasteiger partial charge in [0.1, 0.15) is 22.1 Å². The van der Waals surface area contributed by atoms with E-state index >= 15 is 0 Å². The van der Waals surface area contributed by atoms with E-state index in [0.717, 1.165) is 28.6 Å². The predicted octanol–water partition coefficient (Wildman–Crippen LogP) is 7.71. The van der Waals surface area contributed by atoms with Gasteiger partial charge in [0, 0.05) is 55.7 Å². The first kappa shape index (κ1) is 41.0. The molecule has 3 aromatic rings. The van der Waals surface area contributed by atoms with Crippen LogP contribution in [0.15, 0.2) is 66.2 Å². The van der Waals surface area contributed by atoms with Gasteiger partial charge in [0.2, 0.25) is 5.60 Å². The lowest BCUT2D eigenvalue weighted by Gasteiger charge is -2.50. The fraction of sp³-hybridized carbons (Fsp3) is 0.487. The van der Waals surface area contributed by atoms with Gasteiger partial charge >= 0.3 is 18.3 Å². The second-order valence-electron chi connectivity index (χ2n) is 14.8. The summed E-state index contributed by atoms with van der Waals surface area (Å²) in [6.07, 6.45) is -5.03. The lowest BCUT2D eigenvalue weighted by atomic mass is 9.79. The maximum atomic E-state index is 14.9. The molecule has 2 aromatic heterocycles. The minimum Gasteiger partial charge on any atom is -0.490 e. The molecule has 1 aromatic carbocycles. The van der Waals surface area contributed by atoms with Crippen LogP contribution in [0.3, 0.4) is 0 Å². The van der Waals surface area contributed by atoms with E-state index in [9.17, 15) is 50.9 Å². The largest absolute Gasteiger partial charge is 0.490 e. The maximum absolute atomic E-state index is 14.9. The average molecular weight is 810 g/mol. The lowest BCUT2D eigenvalue weighted by molar-refractivity contribution is -0.160. The van der Waals surface area contributed by atoms with Crippen molar-refractivity contribution in [3.05, 3.63) is 87.9 Å². The zero-order valence-corrected chi connectivity index (χ0v) is 31.3. The third-order valence-corrected chi connectivity index (χ3v) is 12.0. The van der Waals surface area contributed by atoms with Gasteiger partial charge in [-0.1, -0.05) is 30.4 Å². The molecule has 4 atom stereocenters. The maximum Gasteiger partial charge on any atom is 0.425 e. The van der Waals surface area contributed by atoms with Crippen LogP contribution in [0.25, 0.3) is 0 Å². The molecule has 17 heteroatoms. The van der Waals surface area contributed by atoms with Crippen molar-refractivity contribution in [3.63, 3.8) is 0 Å². The third-order valence-electron chi connectivity index (χ3n) is 11.0. The normalized spacial score (nSPS) is 25.7. The number of carbonyl (C=O) groups is 3. The molecule has 2 N–H and O–H groups in total. The van der Waals surface area contributed by atoms with Gasteiger partial charge in [-0.25, -0.2) is 0 Å². The van der Waals surface area contributed by atoms with E-state index < -0.39 is 75.0 Å². The summed E-state index contributed by atoms with van der Waals surface area (Å²) in [4.78, 5) is 45.9. The van der Waals surface area contributed by atoms with E-state index in [1.807, 2.05) is 0 Å². The summed E-state index contributed by atoms with van der Waals surface area (Å²) in [7, 11) is 0. The lowest BCUT2D eigenvalue weighted by Crippen LogP contribution is -2.68. The molecule has 1 saturated carbocycles. The van der Waals surface area contributed by atoms with E-state index in [0.29, 0.717) is 41.6 Å². The van der Waals surface area contributed by atoms with Crippen LogP contribution < -0.4 is 9.47 Å². The van der Waals surface area contributed by atoms with Gasteiger partial charge in [-0.05, 0) is 64.2 Å². The molecule has 0 radical (unpaired) electrons. The molecule has 10 nitrogen and oxygen atoms in total. The molecule has 2 saturated heterocycles. The summed E-state index contributed by atoms with van der Waals surface area (Å²) < 4.78 is 95.8. The quantitative estimate of drug-likeness (QED) is 0.166. The number of nitrogens with zero attached hydrogens (tertiary/aromatic N) is 3. The van der Waals surface area contributed by atoms with Gasteiger partial charge in [0.25, 0.3) is 11.8 Å². The highest BCUT2D eigenvalue weighted by atomic mass is 32.1. The highest BCUT2D eigenvalue weighted by molar-refractivity contribution is 7.10. The number of thiophene rings is 1. The number of amides is 2. The Balaban J connectivity index is 1.31. The highest BCUT2D eigenvalue weighted by Gasteiger charge is 2.56. The van der Waals surface area contributed by atoms with Crippen LogP contribution in [0.4, 0.5) is 26.3 Å². The predicted molar refractivity (Wildman–Crippen MR) is 191 cm³/mol. The number of ether oxygens (including phenoxy) is 2. The molecule has 3 aliphatic rings. The Morgan fingerprint density at radius 1 is 0.982 bits per heavy atom. The van der Waals surface area contributed by atoms with Crippen molar-refractivity contribution < 1.29 is 60.4 Å². The summed E-state index contributed by atoms with van der Waals surface area (Å²) in [6.45, 7) is 2.98. The van der Waals surface area contributed by atoms with Crippen LogP contribution in [0.5, 0.6) is 11.5 Å². The molecule has 2 amide bonds. The zero-order valence-electron chi connectivity index (χ0n) is 30.5. The molecule has 0 spiro atoms. The van der Waals surface area contributed by atoms with Crippen LogP contribution in [0.2, 0.25) is 0 Å². The standard InChI is InChI=1S/C39H41F6N3O7S/c1-3-8-29-37(55-25-21-30(56-23-25)39(43,44)45,13-7-18-48(29)32(49)31-27(38(40,41)42)10-6-17-46-31)33(50)47-19-15-36(53,16-20-47)26-9-4-5-11-28(26)54-24-12-14-35(2,22-24)34(51)52/h3-6,8-11,17,21,23-24,29,53H,7,12-16,18-20,22H2,1-2H3,(H,51,52)/b8-3+/t24-,29-,35+,37+/m1/s1. The van der Waals surface area contributed by atoms with Crippen molar-refractivity contribution in [2.45, 2.75) is 94.5 Å². The number of allylic oxidation sites excluding steroid dienone is 1. The molecule has 2 aliphatic heterocycles. The Bertz CT molecular complexity index is 1980. The van der Waals surface area contributed by atoms with Crippen LogP contribution in [-0.2, 0) is 27.5 Å². The van der Waals surface area contributed by atoms with E-state index in [-0.39, 0.29) is 57.5 Å². The smallest absolute Gasteiger partial charge is 0.425 e. The number of halogens is 6. The van der Waals surface area contributed by atoms with Crippen molar-refractivity contribution in [1.82, 2.24) is 14.8 Å². The van der Waals surface area contributed by atoms with E-state index in [2.05, 4.69) is 4.98 Å². The van der Waals surface area contributed by atoms with Gasteiger partial charge in [0.05, 0.1) is 28.7 Å². The minimum atomic E-state index is -4.94. The number of aliphatic carboxylic acids is 1. The minimum absolute atomic E-state index is 0.0107. The third kappa shape index (κ3) is 7.97. The van der Waals surface area contributed by atoms with E-state index in [4.69, 9.17) is 9.47 Å². The number of carboxylic acid groups (broad SMARTS) is 1. The topological polar surface area (TPSA) is 130 Å². The van der Waals surface area contributed by atoms with Gasteiger partial charge in [-0.3, -0.25) is 19.4 Å². The number of alkyl halides is 6. The summed E-state index contributed by atoms with van der Waals surface area (Å²) >= 11 is 0.343. The summed E-state index contributed by atoms with van der Waals surface area (Å²) in [5, 5.41) is 22.8. The number of aromatic nitrogens is 1. The Hall–Kier alpha value is -4.64. The molecule has 0 bridgehead atoms. The number of hydrogen-bond acceptors (Lipinski definition) is 8. The number of carbonyl (C=O) groups excluding carboxylic acids is 2. The van der Waals surface area contributed by atoms with E-state index in [1.165, 1.54) is 17.1 Å². The zero-order chi connectivity index (χ0) is 40.7. The summed E-state index contributed by atoms with van der Waals surface area (Å²) in [5.74, 6) is -2.72. The molecule has 56 heavy (non-hydrogen) atoms. The summed E-state index contributed by atoms with van der Waals surface area (Å²) in [5.41, 5.74) is -6.29. The Morgan fingerprint density at radius 3 is 2.32 bits per heavy atom. The van der Waals surface area contributed by atoms with Crippen LogP contribution in [0, 0.1) is 5.41 Å². The Morgan fingerprint density at radius 2 is 1.70 bits per heavy atom. The molecular formula is C39H41F6N3O7S. The van der Waals surface area contributed by atoms with Crippen molar-refractivity contribution in [2.75, 3.05) is 19.6 Å². The van der Waals surface area contributed by atoms with Gasteiger partial charge in [-0.15, -0.1) is 11.3 Å². The second kappa shape index (κ2) is 15.4. The van der Waals surface area contributed by atoms with Crippen molar-refractivity contribution in [1.29, 1.82) is 0 Å². The molecule has 1 aliphatic carbocycles. The number of pyridine rings is 1. The van der Waals surface area contributed by atoms with Crippen LogP contribution >= 0.6 is 11.3 Å². The molecule has 3 fully saturated rings. The van der Waals surface area contributed by atoms with Crippen molar-refractivity contribution in [2.24, 2.45) is 5.41 Å². The van der Waals surface area contributed by atoms with Crippen molar-refractivity contribution in [3.8, 4) is 11.5 Å². The number of hydrogen-bond donors (Lipinski definition) is 2. The first-order valence-electron chi connectivity index (χ1n) is 18.1. The Labute approximate surface area is 322 Å². The number of piperidine rings is 2. The molecule has 6 rings (SSSR count). The highest BCUT2D eigenvalue weighted by Crippen LogP contribution is 2.45. The van der Waals surface area contributed by atoms with Gasteiger partial charge < -0.3 is 29.5 Å². The number of rotatable bonds is 9. The number of aliphatic hydroxyl groups is 1. The monoisotopic (exact) mass is 809 g/mol. The van der Waals surface area contributed by atoms with Gasteiger partial charge in [-0.2, -0.15) is 26.3 Å². The fourth-order valence-electron chi connectivity index (χ4n) is 8.01. The van der Waals surface area contributed by atoms with Crippen LogP contribution in [0.1, 0.15) is 85.3 Å². The number of carboxylic acids is 1. The fourth-order valence-corrected chi connectivity index (χ4v) is 8.69. The summed E-state index contributed by atoms with van der Waals surface area (Å²) in [6, 6.07) is 7.93. The number of likely N-dealkylation sites (tertiary alicyclic amines) is 2. The number of para-hydroxylation sites is 1. The number of benzene rings is 1. The molecular weight excluding hydrogens is 768 g/mol. The molecule has 4 heterocycles. The van der Waals surface area contributed by atoms with Crippen LogP contribution in [-0.4, -0.2) is 80.2 Å². The molecule has 302 valence electrons. The molecule has 0 unspecified atom stereocenters. The second-order valence-corrected chi connectivity index (χ2v) is 15.7.